The molecule has 1 amide bonds. The highest BCUT2D eigenvalue weighted by atomic mass is 19.4. The molecular weight excluding hydrogens is 359 g/mol. The Kier molecular flexibility index (Phi) is 5.65. The highest BCUT2D eigenvalue weighted by Gasteiger charge is 2.38. The Morgan fingerprint density at radius 3 is 2.74 bits per heavy atom. The van der Waals surface area contributed by atoms with Crippen LogP contribution in [0.5, 0.6) is 5.88 Å². The van der Waals surface area contributed by atoms with Crippen molar-refractivity contribution < 1.29 is 22.7 Å². The van der Waals surface area contributed by atoms with Crippen LogP contribution in [-0.4, -0.2) is 46.6 Å². The van der Waals surface area contributed by atoms with Crippen LogP contribution in [0.15, 0.2) is 18.3 Å². The summed E-state index contributed by atoms with van der Waals surface area (Å²) in [7, 11) is 0. The molecule has 1 N–H and O–H groups in total. The number of carbonyl (C=O) groups is 1. The van der Waals surface area contributed by atoms with Crippen molar-refractivity contribution in [2.24, 2.45) is 0 Å². The average molecular weight is 385 g/mol. The Balaban J connectivity index is 1.53. The number of nitrogens with one attached hydrogen (secondary N) is 1. The topological polar surface area (TPSA) is 54.5 Å². The first-order valence-corrected chi connectivity index (χ1v) is 9.37. The molecule has 0 bridgehead atoms. The van der Waals surface area contributed by atoms with E-state index in [4.69, 9.17) is 4.74 Å². The molecule has 2 fully saturated rings. The van der Waals surface area contributed by atoms with Crippen LogP contribution in [0.2, 0.25) is 0 Å². The van der Waals surface area contributed by atoms with Gasteiger partial charge in [-0.3, -0.25) is 9.69 Å². The monoisotopic (exact) mass is 385 g/mol. The van der Waals surface area contributed by atoms with Crippen molar-refractivity contribution in [3.63, 3.8) is 0 Å². The molecule has 150 valence electrons. The van der Waals surface area contributed by atoms with E-state index in [1.807, 2.05) is 0 Å². The predicted molar refractivity (Wildman–Crippen MR) is 94.3 cm³/mol. The quantitative estimate of drug-likeness (QED) is 0.782. The number of aromatic nitrogens is 1. The standard InChI is InChI=1S/C19H26F3N3O2/c1-18(2,12-27-17-15(19(20,21)22)6-3-9-23-17)24-16(26)11-14-5-4-10-25(14)13-7-8-13/h3,6,9,13-14H,4-5,7-8,10-12H2,1-2H3,(H,24,26). The lowest BCUT2D eigenvalue weighted by atomic mass is 10.1. The predicted octanol–water partition coefficient (Wildman–Crippen LogP) is 3.39. The zero-order valence-corrected chi connectivity index (χ0v) is 15.7. The van der Waals surface area contributed by atoms with Gasteiger partial charge in [-0.25, -0.2) is 4.98 Å². The van der Waals surface area contributed by atoms with Crippen LogP contribution in [0.4, 0.5) is 13.2 Å². The third-order valence-electron chi connectivity index (χ3n) is 4.98. The third-order valence-corrected chi connectivity index (χ3v) is 4.98. The average Bonchev–Trinajstić information content (AvgIpc) is 3.32. The van der Waals surface area contributed by atoms with E-state index in [9.17, 15) is 18.0 Å². The summed E-state index contributed by atoms with van der Waals surface area (Å²) in [6, 6.07) is 3.05. The van der Waals surface area contributed by atoms with Crippen LogP contribution in [0.25, 0.3) is 0 Å². The van der Waals surface area contributed by atoms with Crippen molar-refractivity contribution in [2.75, 3.05) is 13.2 Å². The summed E-state index contributed by atoms with van der Waals surface area (Å²) in [5, 5.41) is 2.89. The Hall–Kier alpha value is -1.83. The van der Waals surface area contributed by atoms with Gasteiger partial charge in [0.2, 0.25) is 11.8 Å². The molecule has 0 aromatic carbocycles. The van der Waals surface area contributed by atoms with Gasteiger partial charge in [0.1, 0.15) is 12.2 Å². The molecule has 0 spiro atoms. The number of hydrogen-bond acceptors (Lipinski definition) is 4. The summed E-state index contributed by atoms with van der Waals surface area (Å²) in [5.41, 5.74) is -1.72. The van der Waals surface area contributed by atoms with Crippen LogP contribution in [0.3, 0.4) is 0 Å². The van der Waals surface area contributed by atoms with Crippen LogP contribution in [0, 0.1) is 0 Å². The summed E-state index contributed by atoms with van der Waals surface area (Å²) in [6.45, 7) is 4.41. The molecule has 1 unspecified atom stereocenters. The Labute approximate surface area is 157 Å². The minimum absolute atomic E-state index is 0.0989. The molecule has 1 aromatic heterocycles. The number of rotatable bonds is 7. The fraction of sp³-hybridized carbons (Fsp3) is 0.684. The second kappa shape index (κ2) is 7.66. The van der Waals surface area contributed by atoms with Crippen LogP contribution < -0.4 is 10.1 Å². The van der Waals surface area contributed by atoms with Gasteiger partial charge in [-0.05, 0) is 58.2 Å². The number of amides is 1. The highest BCUT2D eigenvalue weighted by molar-refractivity contribution is 5.77. The normalized spacial score (nSPS) is 21.3. The van der Waals surface area contributed by atoms with Crippen molar-refractivity contribution in [1.82, 2.24) is 15.2 Å². The second-order valence-electron chi connectivity index (χ2n) is 8.04. The lowest BCUT2D eigenvalue weighted by Gasteiger charge is -2.29. The molecule has 1 saturated heterocycles. The van der Waals surface area contributed by atoms with Gasteiger partial charge in [-0.1, -0.05) is 0 Å². The van der Waals surface area contributed by atoms with E-state index in [-0.39, 0.29) is 18.6 Å². The maximum absolute atomic E-state index is 13.0. The lowest BCUT2D eigenvalue weighted by Crippen LogP contribution is -2.49. The van der Waals surface area contributed by atoms with E-state index >= 15 is 0 Å². The molecule has 5 nitrogen and oxygen atoms in total. The molecule has 8 heteroatoms. The molecule has 1 aliphatic carbocycles. The first kappa shape index (κ1) is 19.9. The molecule has 2 heterocycles. The van der Waals surface area contributed by atoms with Gasteiger partial charge in [-0.15, -0.1) is 0 Å². The first-order chi connectivity index (χ1) is 12.7. The van der Waals surface area contributed by atoms with E-state index in [1.165, 1.54) is 25.1 Å². The number of nitrogens with zero attached hydrogens (tertiary/aromatic N) is 2. The largest absolute Gasteiger partial charge is 0.475 e. The minimum Gasteiger partial charge on any atom is -0.475 e. The van der Waals surface area contributed by atoms with Crippen LogP contribution >= 0.6 is 0 Å². The van der Waals surface area contributed by atoms with E-state index < -0.39 is 23.2 Å². The second-order valence-corrected chi connectivity index (χ2v) is 8.04. The van der Waals surface area contributed by atoms with Gasteiger partial charge in [0.15, 0.2) is 0 Å². The minimum atomic E-state index is -4.54. The van der Waals surface area contributed by atoms with Gasteiger partial charge < -0.3 is 10.1 Å². The number of alkyl halides is 3. The van der Waals surface area contributed by atoms with E-state index in [0.29, 0.717) is 12.5 Å². The van der Waals surface area contributed by atoms with Crippen molar-refractivity contribution in [2.45, 2.75) is 69.8 Å². The zero-order chi connectivity index (χ0) is 19.7. The number of hydrogen-bond donors (Lipinski definition) is 1. The van der Waals surface area contributed by atoms with Gasteiger partial charge >= 0.3 is 6.18 Å². The molecule has 0 radical (unpaired) electrons. The fourth-order valence-electron chi connectivity index (χ4n) is 3.61. The van der Waals surface area contributed by atoms with E-state index in [1.54, 1.807) is 13.8 Å². The third kappa shape index (κ3) is 5.34. The summed E-state index contributed by atoms with van der Waals surface area (Å²) < 4.78 is 44.4. The molecule has 1 aliphatic heterocycles. The van der Waals surface area contributed by atoms with Gasteiger partial charge in [0.05, 0.1) is 5.54 Å². The van der Waals surface area contributed by atoms with Gasteiger partial charge in [-0.2, -0.15) is 13.2 Å². The van der Waals surface area contributed by atoms with Gasteiger partial charge in [0.25, 0.3) is 0 Å². The maximum atomic E-state index is 13.0. The van der Waals surface area contributed by atoms with Crippen LogP contribution in [-0.2, 0) is 11.0 Å². The molecule has 27 heavy (non-hydrogen) atoms. The summed E-state index contributed by atoms with van der Waals surface area (Å²) in [5.74, 6) is -0.568. The Bertz CT molecular complexity index is 674. The molecule has 1 atom stereocenters. The number of halogens is 3. The number of likely N-dealkylation sites (tertiary alicyclic amines) is 1. The summed E-state index contributed by atoms with van der Waals surface area (Å²) in [4.78, 5) is 18.6. The number of ether oxygens (including phenoxy) is 1. The zero-order valence-electron chi connectivity index (χ0n) is 15.7. The van der Waals surface area contributed by atoms with Gasteiger partial charge in [0, 0.05) is 24.7 Å². The number of carbonyl (C=O) groups excluding carboxylic acids is 1. The first-order valence-electron chi connectivity index (χ1n) is 9.37. The molecule has 3 rings (SSSR count). The molecule has 1 aromatic rings. The Morgan fingerprint density at radius 1 is 1.33 bits per heavy atom. The molecular formula is C19H26F3N3O2. The van der Waals surface area contributed by atoms with Crippen molar-refractivity contribution in [3.05, 3.63) is 23.9 Å². The van der Waals surface area contributed by atoms with E-state index in [0.717, 1.165) is 25.5 Å². The SMILES string of the molecule is CC(C)(COc1ncccc1C(F)(F)F)NC(=O)CC1CCCN1C1CC1. The maximum Gasteiger partial charge on any atom is 0.421 e. The van der Waals surface area contributed by atoms with E-state index in [2.05, 4.69) is 15.2 Å². The summed E-state index contributed by atoms with van der Waals surface area (Å²) >= 11 is 0. The molecule has 2 aliphatic rings. The summed E-state index contributed by atoms with van der Waals surface area (Å²) in [6.07, 6.45) is 1.68. The Morgan fingerprint density at radius 2 is 2.07 bits per heavy atom. The highest BCUT2D eigenvalue weighted by Crippen LogP contribution is 2.35. The van der Waals surface area contributed by atoms with Crippen molar-refractivity contribution >= 4 is 5.91 Å². The smallest absolute Gasteiger partial charge is 0.421 e. The van der Waals surface area contributed by atoms with Crippen LogP contribution in [0.1, 0.15) is 51.5 Å². The lowest BCUT2D eigenvalue weighted by molar-refractivity contribution is -0.139. The molecule has 1 saturated carbocycles. The van der Waals surface area contributed by atoms with Crippen molar-refractivity contribution in [1.29, 1.82) is 0 Å². The fourth-order valence-corrected chi connectivity index (χ4v) is 3.61. The van der Waals surface area contributed by atoms with Crippen molar-refractivity contribution in [3.8, 4) is 5.88 Å². The number of pyridine rings is 1.